The lowest BCUT2D eigenvalue weighted by molar-refractivity contribution is -0.114. The Morgan fingerprint density at radius 3 is 2.41 bits per heavy atom. The lowest BCUT2D eigenvalue weighted by atomic mass is 10.3. The van der Waals surface area contributed by atoms with Crippen LogP contribution in [0.25, 0.3) is 0 Å². The molecule has 0 aliphatic rings. The molecule has 0 unspecified atom stereocenters. The van der Waals surface area contributed by atoms with Gasteiger partial charge >= 0.3 is 0 Å². The van der Waals surface area contributed by atoms with Crippen molar-refractivity contribution in [2.45, 2.75) is 6.92 Å². The molecule has 0 aliphatic heterocycles. The Morgan fingerprint density at radius 1 is 1.04 bits per heavy atom. The quantitative estimate of drug-likeness (QED) is 0.590. The van der Waals surface area contributed by atoms with Gasteiger partial charge in [-0.05, 0) is 42.5 Å². The van der Waals surface area contributed by atoms with Crippen molar-refractivity contribution < 1.29 is 9.53 Å². The number of hydrogen-bond acceptors (Lipinski definition) is 7. The summed E-state index contributed by atoms with van der Waals surface area (Å²) in [4.78, 5) is 15.4. The van der Waals surface area contributed by atoms with Crippen LogP contribution in [0.15, 0.2) is 48.7 Å². The van der Waals surface area contributed by atoms with Crippen LogP contribution in [0.5, 0.6) is 5.75 Å². The number of benzene rings is 2. The fourth-order valence-corrected chi connectivity index (χ4v) is 2.54. The molecule has 3 N–H and O–H groups in total. The molecule has 3 aromatic rings. The van der Waals surface area contributed by atoms with Crippen LogP contribution in [-0.4, -0.2) is 28.2 Å². The van der Waals surface area contributed by atoms with Crippen LogP contribution in [0, 0.1) is 0 Å². The van der Waals surface area contributed by atoms with Gasteiger partial charge in [0, 0.05) is 24.0 Å². The van der Waals surface area contributed by atoms with Gasteiger partial charge in [0.1, 0.15) is 5.75 Å². The highest BCUT2D eigenvalue weighted by Gasteiger charge is 2.05. The maximum absolute atomic E-state index is 11.1. The van der Waals surface area contributed by atoms with Crippen molar-refractivity contribution in [2.75, 3.05) is 23.1 Å². The van der Waals surface area contributed by atoms with Crippen molar-refractivity contribution in [1.29, 1.82) is 0 Å². The molecule has 0 bridgehead atoms. The summed E-state index contributed by atoms with van der Waals surface area (Å²) in [5, 5.41) is 17.3. The van der Waals surface area contributed by atoms with Gasteiger partial charge in [-0.3, -0.25) is 4.79 Å². The first-order valence-corrected chi connectivity index (χ1v) is 8.36. The average Bonchev–Trinajstić information content (AvgIpc) is 2.63. The summed E-state index contributed by atoms with van der Waals surface area (Å²) in [7, 11) is 1.55. The molecule has 1 heterocycles. The van der Waals surface area contributed by atoms with E-state index < -0.39 is 0 Å². The van der Waals surface area contributed by atoms with E-state index in [2.05, 4.69) is 31.1 Å². The van der Waals surface area contributed by atoms with Crippen LogP contribution in [0.4, 0.5) is 28.8 Å². The number of nitrogens with one attached hydrogen (secondary N) is 3. The molecule has 27 heavy (non-hydrogen) atoms. The van der Waals surface area contributed by atoms with E-state index >= 15 is 0 Å². The topological polar surface area (TPSA) is 101 Å². The zero-order chi connectivity index (χ0) is 19.2. The number of halogens is 1. The molecule has 0 spiro atoms. The largest absolute Gasteiger partial charge is 0.495 e. The maximum atomic E-state index is 11.1. The summed E-state index contributed by atoms with van der Waals surface area (Å²) < 4.78 is 5.13. The molecule has 0 saturated heterocycles. The van der Waals surface area contributed by atoms with E-state index in [1.54, 1.807) is 37.4 Å². The van der Waals surface area contributed by atoms with E-state index in [0.717, 1.165) is 5.69 Å². The number of nitrogens with zero attached hydrogens (tertiary/aromatic N) is 3. The molecule has 3 rings (SSSR count). The standard InChI is InChI=1S/C18H17ClN6O2/c1-11(26)21-12-3-5-13(6-4-12)22-17-10-20-25-18(24-17)23-14-7-8-16(27-2)15(19)9-14/h3-10H,1-2H3,(H,21,26)(H2,22,23,24,25). The fraction of sp³-hybridized carbons (Fsp3) is 0.111. The van der Waals surface area contributed by atoms with Crippen molar-refractivity contribution in [3.8, 4) is 5.75 Å². The Morgan fingerprint density at radius 2 is 1.74 bits per heavy atom. The molecule has 138 valence electrons. The van der Waals surface area contributed by atoms with Gasteiger partial charge in [-0.25, -0.2) is 0 Å². The normalized spacial score (nSPS) is 10.2. The fourth-order valence-electron chi connectivity index (χ4n) is 2.28. The number of methoxy groups -OCH3 is 1. The summed E-state index contributed by atoms with van der Waals surface area (Å²) in [6.45, 7) is 1.46. The van der Waals surface area contributed by atoms with Crippen molar-refractivity contribution >= 4 is 46.3 Å². The number of carbonyl (C=O) groups excluding carboxylic acids is 1. The first-order chi connectivity index (χ1) is 13.0. The van der Waals surface area contributed by atoms with E-state index in [-0.39, 0.29) is 5.91 Å². The lowest BCUT2D eigenvalue weighted by Gasteiger charge is -2.09. The molecule has 0 radical (unpaired) electrons. The summed E-state index contributed by atoms with van der Waals surface area (Å²) in [5.74, 6) is 1.29. The predicted molar refractivity (Wildman–Crippen MR) is 105 cm³/mol. The first kappa shape index (κ1) is 18.4. The van der Waals surface area contributed by atoms with Gasteiger partial charge in [0.15, 0.2) is 5.82 Å². The molecule has 0 fully saturated rings. The molecule has 8 nitrogen and oxygen atoms in total. The molecule has 9 heteroatoms. The Hall–Kier alpha value is -3.39. The monoisotopic (exact) mass is 384 g/mol. The second kappa shape index (κ2) is 8.33. The van der Waals surface area contributed by atoms with Crippen molar-refractivity contribution in [3.05, 3.63) is 53.7 Å². The molecule has 1 amide bonds. The highest BCUT2D eigenvalue weighted by atomic mass is 35.5. The first-order valence-electron chi connectivity index (χ1n) is 7.98. The highest BCUT2D eigenvalue weighted by molar-refractivity contribution is 6.32. The third kappa shape index (κ3) is 5.05. The summed E-state index contributed by atoms with van der Waals surface area (Å²) in [6, 6.07) is 12.5. The molecular formula is C18H17ClN6O2. The van der Waals surface area contributed by atoms with E-state index in [1.807, 2.05) is 12.1 Å². The van der Waals surface area contributed by atoms with E-state index in [1.165, 1.54) is 13.1 Å². The molecule has 0 atom stereocenters. The summed E-state index contributed by atoms with van der Waals surface area (Å²) in [6.07, 6.45) is 1.51. The Kier molecular flexibility index (Phi) is 5.68. The van der Waals surface area contributed by atoms with Crippen LogP contribution >= 0.6 is 11.6 Å². The number of carbonyl (C=O) groups is 1. The van der Waals surface area contributed by atoms with Gasteiger partial charge in [0.25, 0.3) is 0 Å². The van der Waals surface area contributed by atoms with Gasteiger partial charge in [-0.2, -0.15) is 10.1 Å². The molecule has 2 aromatic carbocycles. The minimum Gasteiger partial charge on any atom is -0.495 e. The van der Waals surface area contributed by atoms with Gasteiger partial charge < -0.3 is 20.7 Å². The SMILES string of the molecule is COc1ccc(Nc2nncc(Nc3ccc(NC(C)=O)cc3)n2)cc1Cl. The van der Waals surface area contributed by atoms with Crippen LogP contribution in [0.3, 0.4) is 0 Å². The number of hydrogen-bond donors (Lipinski definition) is 3. The van der Waals surface area contributed by atoms with Gasteiger partial charge in [0.2, 0.25) is 11.9 Å². The lowest BCUT2D eigenvalue weighted by Crippen LogP contribution is -2.05. The predicted octanol–water partition coefficient (Wildman–Crippen LogP) is 3.98. The Balaban J connectivity index is 1.70. The van der Waals surface area contributed by atoms with Gasteiger partial charge in [-0.1, -0.05) is 11.6 Å². The second-order valence-electron chi connectivity index (χ2n) is 5.52. The van der Waals surface area contributed by atoms with Crippen molar-refractivity contribution in [3.63, 3.8) is 0 Å². The number of amides is 1. The number of ether oxygens (including phenoxy) is 1. The number of anilines is 5. The summed E-state index contributed by atoms with van der Waals surface area (Å²) in [5.41, 5.74) is 2.22. The molecule has 1 aromatic heterocycles. The maximum Gasteiger partial charge on any atom is 0.249 e. The average molecular weight is 385 g/mol. The third-order valence-electron chi connectivity index (χ3n) is 3.44. The van der Waals surface area contributed by atoms with Crippen molar-refractivity contribution in [2.24, 2.45) is 0 Å². The zero-order valence-corrected chi connectivity index (χ0v) is 15.4. The van der Waals surface area contributed by atoms with Crippen molar-refractivity contribution in [1.82, 2.24) is 15.2 Å². The van der Waals surface area contributed by atoms with Gasteiger partial charge in [0.05, 0.1) is 18.3 Å². The van der Waals surface area contributed by atoms with Crippen LogP contribution in [0.2, 0.25) is 5.02 Å². The van der Waals surface area contributed by atoms with Crippen LogP contribution in [0.1, 0.15) is 6.92 Å². The Labute approximate surface area is 160 Å². The van der Waals surface area contributed by atoms with Crippen LogP contribution < -0.4 is 20.7 Å². The van der Waals surface area contributed by atoms with Gasteiger partial charge in [-0.15, -0.1) is 5.10 Å². The van der Waals surface area contributed by atoms with Crippen LogP contribution in [-0.2, 0) is 4.79 Å². The van der Waals surface area contributed by atoms with E-state index in [0.29, 0.717) is 33.9 Å². The number of rotatable bonds is 6. The zero-order valence-electron chi connectivity index (χ0n) is 14.7. The smallest absolute Gasteiger partial charge is 0.249 e. The minimum atomic E-state index is -0.120. The number of aromatic nitrogens is 3. The van der Waals surface area contributed by atoms with E-state index in [4.69, 9.17) is 16.3 Å². The second-order valence-corrected chi connectivity index (χ2v) is 5.93. The summed E-state index contributed by atoms with van der Waals surface area (Å²) >= 11 is 6.12. The molecule has 0 aliphatic carbocycles. The minimum absolute atomic E-state index is 0.120. The molecular weight excluding hydrogens is 368 g/mol. The third-order valence-corrected chi connectivity index (χ3v) is 3.74. The molecule has 0 saturated carbocycles. The highest BCUT2D eigenvalue weighted by Crippen LogP contribution is 2.28. The Bertz CT molecular complexity index is 949. The van der Waals surface area contributed by atoms with E-state index in [9.17, 15) is 4.79 Å².